The molecular weight excluding hydrogens is 216 g/mol. The summed E-state index contributed by atoms with van der Waals surface area (Å²) in [5.41, 5.74) is 0. The Labute approximate surface area is 106 Å². The van der Waals surface area contributed by atoms with E-state index < -0.39 is 0 Å². The maximum atomic E-state index is 3.48. The van der Waals surface area contributed by atoms with Gasteiger partial charge in [-0.15, -0.1) is 0 Å². The van der Waals surface area contributed by atoms with Crippen LogP contribution in [0.1, 0.15) is 33.1 Å². The Bertz CT molecular complexity index is 164. The highest BCUT2D eigenvalue weighted by molar-refractivity contribution is 7.99. The average molecular weight is 244 g/mol. The molecule has 1 aliphatic heterocycles. The van der Waals surface area contributed by atoms with E-state index in [-0.39, 0.29) is 0 Å². The van der Waals surface area contributed by atoms with Crippen molar-refractivity contribution in [1.82, 2.24) is 10.2 Å². The molecule has 1 unspecified atom stereocenters. The van der Waals surface area contributed by atoms with Gasteiger partial charge in [0, 0.05) is 6.54 Å². The Morgan fingerprint density at radius 3 is 3.00 bits per heavy atom. The maximum Gasteiger partial charge on any atom is 0.00218 e. The minimum absolute atomic E-state index is 0.896. The molecule has 0 radical (unpaired) electrons. The minimum atomic E-state index is 0.896. The third kappa shape index (κ3) is 6.12. The van der Waals surface area contributed by atoms with Gasteiger partial charge in [-0.05, 0) is 62.9 Å². The summed E-state index contributed by atoms with van der Waals surface area (Å²) in [6.07, 6.45) is 4.19. The van der Waals surface area contributed by atoms with Crippen molar-refractivity contribution in [3.05, 3.63) is 0 Å². The largest absolute Gasteiger partial charge is 0.317 e. The van der Waals surface area contributed by atoms with Gasteiger partial charge in [0.2, 0.25) is 0 Å². The first-order valence-electron chi connectivity index (χ1n) is 6.87. The zero-order valence-corrected chi connectivity index (χ0v) is 11.8. The second-order valence-electron chi connectivity index (χ2n) is 4.67. The zero-order chi connectivity index (χ0) is 11.6. The van der Waals surface area contributed by atoms with Crippen LogP contribution in [-0.4, -0.2) is 49.1 Å². The highest BCUT2D eigenvalue weighted by Gasteiger charge is 2.18. The smallest absolute Gasteiger partial charge is 0.00218 e. The average Bonchev–Trinajstić information content (AvgIpc) is 2.33. The Balaban J connectivity index is 2.07. The van der Waals surface area contributed by atoms with E-state index >= 15 is 0 Å². The SMILES string of the molecule is CCNCC1CCCN(CCCSCC)C1. The van der Waals surface area contributed by atoms with E-state index in [2.05, 4.69) is 35.8 Å². The third-order valence-electron chi connectivity index (χ3n) is 3.25. The molecule has 1 saturated heterocycles. The third-order valence-corrected chi connectivity index (χ3v) is 4.24. The summed E-state index contributed by atoms with van der Waals surface area (Å²) in [7, 11) is 0. The van der Waals surface area contributed by atoms with Crippen LogP contribution in [0.3, 0.4) is 0 Å². The number of nitrogens with zero attached hydrogens (tertiary/aromatic N) is 1. The van der Waals surface area contributed by atoms with Crippen molar-refractivity contribution in [2.45, 2.75) is 33.1 Å². The molecule has 1 fully saturated rings. The summed E-state index contributed by atoms with van der Waals surface area (Å²) in [5, 5.41) is 3.48. The molecule has 0 saturated carbocycles. The molecule has 0 aromatic heterocycles. The van der Waals surface area contributed by atoms with Gasteiger partial charge in [0.15, 0.2) is 0 Å². The summed E-state index contributed by atoms with van der Waals surface area (Å²) in [6.45, 7) is 10.7. The Morgan fingerprint density at radius 2 is 2.25 bits per heavy atom. The molecule has 1 N–H and O–H groups in total. The first-order valence-corrected chi connectivity index (χ1v) is 8.03. The number of piperidine rings is 1. The number of nitrogens with one attached hydrogen (secondary N) is 1. The van der Waals surface area contributed by atoms with Crippen LogP contribution in [0.2, 0.25) is 0 Å². The molecule has 0 bridgehead atoms. The van der Waals surface area contributed by atoms with E-state index in [0.717, 1.165) is 12.5 Å². The van der Waals surface area contributed by atoms with Crippen molar-refractivity contribution in [3.63, 3.8) is 0 Å². The topological polar surface area (TPSA) is 15.3 Å². The quantitative estimate of drug-likeness (QED) is 0.660. The number of likely N-dealkylation sites (tertiary alicyclic amines) is 1. The second kappa shape index (κ2) is 9.32. The predicted octanol–water partition coefficient (Wildman–Crippen LogP) is 2.45. The van der Waals surface area contributed by atoms with Crippen LogP contribution in [-0.2, 0) is 0 Å². The monoisotopic (exact) mass is 244 g/mol. The van der Waals surface area contributed by atoms with E-state index in [1.807, 2.05) is 0 Å². The van der Waals surface area contributed by atoms with Gasteiger partial charge in [-0.25, -0.2) is 0 Å². The van der Waals surface area contributed by atoms with Crippen molar-refractivity contribution in [2.75, 3.05) is 44.2 Å². The molecule has 96 valence electrons. The van der Waals surface area contributed by atoms with Gasteiger partial charge in [-0.3, -0.25) is 0 Å². The van der Waals surface area contributed by atoms with Crippen molar-refractivity contribution >= 4 is 11.8 Å². The Kier molecular flexibility index (Phi) is 8.34. The summed E-state index contributed by atoms with van der Waals surface area (Å²) in [5.74, 6) is 3.50. The Morgan fingerprint density at radius 1 is 1.38 bits per heavy atom. The van der Waals surface area contributed by atoms with Gasteiger partial charge in [0.05, 0.1) is 0 Å². The van der Waals surface area contributed by atoms with Crippen LogP contribution >= 0.6 is 11.8 Å². The van der Waals surface area contributed by atoms with Crippen LogP contribution < -0.4 is 5.32 Å². The van der Waals surface area contributed by atoms with Crippen molar-refractivity contribution in [3.8, 4) is 0 Å². The Hall–Kier alpha value is 0.270. The molecule has 1 atom stereocenters. The molecule has 3 heteroatoms. The number of thioether (sulfide) groups is 1. The lowest BCUT2D eigenvalue weighted by atomic mass is 9.98. The minimum Gasteiger partial charge on any atom is -0.317 e. The lowest BCUT2D eigenvalue weighted by Crippen LogP contribution is -2.40. The summed E-state index contributed by atoms with van der Waals surface area (Å²) in [4.78, 5) is 2.67. The fraction of sp³-hybridized carbons (Fsp3) is 1.00. The molecule has 0 aromatic rings. The fourth-order valence-corrected chi connectivity index (χ4v) is 3.03. The van der Waals surface area contributed by atoms with Gasteiger partial charge < -0.3 is 10.2 Å². The van der Waals surface area contributed by atoms with Gasteiger partial charge in [-0.1, -0.05) is 13.8 Å². The number of hydrogen-bond donors (Lipinski definition) is 1. The van der Waals surface area contributed by atoms with Crippen molar-refractivity contribution in [1.29, 1.82) is 0 Å². The standard InChI is InChI=1S/C13H28N2S/c1-3-14-11-13-7-5-8-15(12-13)9-6-10-16-4-2/h13-14H,3-12H2,1-2H3. The molecule has 1 aliphatic rings. The molecule has 2 nitrogen and oxygen atoms in total. The van der Waals surface area contributed by atoms with Crippen LogP contribution in [0.15, 0.2) is 0 Å². The van der Waals surface area contributed by atoms with Crippen LogP contribution in [0.4, 0.5) is 0 Å². The molecule has 0 aliphatic carbocycles. The molecule has 0 amide bonds. The molecule has 0 spiro atoms. The molecule has 0 aromatic carbocycles. The van der Waals surface area contributed by atoms with Gasteiger partial charge in [0.25, 0.3) is 0 Å². The predicted molar refractivity (Wildman–Crippen MR) is 75.3 cm³/mol. The summed E-state index contributed by atoms with van der Waals surface area (Å²) < 4.78 is 0. The van der Waals surface area contributed by atoms with Crippen LogP contribution in [0.5, 0.6) is 0 Å². The van der Waals surface area contributed by atoms with Crippen LogP contribution in [0, 0.1) is 5.92 Å². The van der Waals surface area contributed by atoms with E-state index in [9.17, 15) is 0 Å². The highest BCUT2D eigenvalue weighted by atomic mass is 32.2. The van der Waals surface area contributed by atoms with Crippen molar-refractivity contribution < 1.29 is 0 Å². The molecular formula is C13H28N2S. The number of rotatable bonds is 8. The lowest BCUT2D eigenvalue weighted by molar-refractivity contribution is 0.173. The zero-order valence-electron chi connectivity index (χ0n) is 11.0. The molecule has 1 heterocycles. The highest BCUT2D eigenvalue weighted by Crippen LogP contribution is 2.16. The second-order valence-corrected chi connectivity index (χ2v) is 6.06. The summed E-state index contributed by atoms with van der Waals surface area (Å²) in [6, 6.07) is 0. The fourth-order valence-electron chi connectivity index (χ4n) is 2.40. The van der Waals surface area contributed by atoms with E-state index in [1.54, 1.807) is 0 Å². The van der Waals surface area contributed by atoms with Gasteiger partial charge in [-0.2, -0.15) is 11.8 Å². The molecule has 16 heavy (non-hydrogen) atoms. The van der Waals surface area contributed by atoms with E-state index in [4.69, 9.17) is 0 Å². The van der Waals surface area contributed by atoms with E-state index in [0.29, 0.717) is 0 Å². The van der Waals surface area contributed by atoms with Gasteiger partial charge >= 0.3 is 0 Å². The lowest BCUT2D eigenvalue weighted by Gasteiger charge is -2.32. The van der Waals surface area contributed by atoms with E-state index in [1.165, 1.54) is 56.9 Å². The number of hydrogen-bond acceptors (Lipinski definition) is 3. The first kappa shape index (κ1) is 14.3. The van der Waals surface area contributed by atoms with Crippen molar-refractivity contribution in [2.24, 2.45) is 5.92 Å². The summed E-state index contributed by atoms with van der Waals surface area (Å²) >= 11 is 2.07. The maximum absolute atomic E-state index is 3.48. The van der Waals surface area contributed by atoms with Crippen LogP contribution in [0.25, 0.3) is 0 Å². The molecule has 1 rings (SSSR count). The van der Waals surface area contributed by atoms with Gasteiger partial charge in [0.1, 0.15) is 0 Å². The normalized spacial score (nSPS) is 22.5. The first-order chi connectivity index (χ1) is 7.86.